The summed E-state index contributed by atoms with van der Waals surface area (Å²) in [6.07, 6.45) is 0. The summed E-state index contributed by atoms with van der Waals surface area (Å²) in [6, 6.07) is 9.90. The molecular weight excluding hydrogens is 260 g/mol. The molecule has 6 nitrogen and oxygen atoms in total. The third-order valence-corrected chi connectivity index (χ3v) is 2.94. The van der Waals surface area contributed by atoms with Crippen LogP contribution < -0.4 is 15.2 Å². The van der Waals surface area contributed by atoms with E-state index in [4.69, 9.17) is 15.2 Å². The molecule has 20 heavy (non-hydrogen) atoms. The summed E-state index contributed by atoms with van der Waals surface area (Å²) >= 11 is 0. The number of nitro benzene ring substituents is 1. The van der Waals surface area contributed by atoms with Crippen LogP contribution in [0.1, 0.15) is 0 Å². The first-order valence-electron chi connectivity index (χ1n) is 5.83. The van der Waals surface area contributed by atoms with E-state index in [0.717, 1.165) is 0 Å². The molecule has 0 saturated heterocycles. The standard InChI is InChI=1S/C14H14N2O4/c1-19-13-6-4-3-5-9(13)10-7-14(20-2)11(15)8-12(10)16(17)18/h3-8H,15H2,1-2H3. The maximum atomic E-state index is 11.2. The van der Waals surface area contributed by atoms with Crippen LogP contribution in [0.2, 0.25) is 0 Å². The van der Waals surface area contributed by atoms with Gasteiger partial charge in [-0.05, 0) is 12.1 Å². The smallest absolute Gasteiger partial charge is 0.279 e. The molecular formula is C14H14N2O4. The minimum atomic E-state index is -0.475. The summed E-state index contributed by atoms with van der Waals surface area (Å²) in [5, 5.41) is 11.2. The van der Waals surface area contributed by atoms with Crippen LogP contribution in [0, 0.1) is 10.1 Å². The predicted molar refractivity (Wildman–Crippen MR) is 76.0 cm³/mol. The molecule has 0 fully saturated rings. The van der Waals surface area contributed by atoms with Gasteiger partial charge >= 0.3 is 0 Å². The average Bonchev–Trinajstić information content (AvgIpc) is 2.46. The van der Waals surface area contributed by atoms with Crippen LogP contribution in [-0.4, -0.2) is 19.1 Å². The SMILES string of the molecule is COc1cc(-c2ccccc2OC)c([N+](=O)[O-])cc1N. The van der Waals surface area contributed by atoms with Crippen molar-refractivity contribution in [1.29, 1.82) is 0 Å². The Hall–Kier alpha value is -2.76. The van der Waals surface area contributed by atoms with E-state index in [0.29, 0.717) is 22.6 Å². The highest BCUT2D eigenvalue weighted by Crippen LogP contribution is 2.40. The lowest BCUT2D eigenvalue weighted by Crippen LogP contribution is -1.99. The average molecular weight is 274 g/mol. The molecule has 0 aliphatic heterocycles. The number of rotatable bonds is 4. The van der Waals surface area contributed by atoms with E-state index in [9.17, 15) is 10.1 Å². The van der Waals surface area contributed by atoms with Crippen LogP contribution in [0.5, 0.6) is 11.5 Å². The summed E-state index contributed by atoms with van der Waals surface area (Å²) in [6.45, 7) is 0. The number of nitrogen functional groups attached to an aromatic ring is 1. The fourth-order valence-corrected chi connectivity index (χ4v) is 2.00. The van der Waals surface area contributed by atoms with Crippen molar-refractivity contribution in [2.75, 3.05) is 20.0 Å². The second kappa shape index (κ2) is 5.48. The van der Waals surface area contributed by atoms with Gasteiger partial charge in [0.15, 0.2) is 0 Å². The number of ether oxygens (including phenoxy) is 2. The maximum Gasteiger partial charge on any atom is 0.279 e. The number of methoxy groups -OCH3 is 2. The van der Waals surface area contributed by atoms with Crippen molar-refractivity contribution in [2.45, 2.75) is 0 Å². The number of nitro groups is 1. The number of nitrogens with zero attached hydrogens (tertiary/aromatic N) is 1. The lowest BCUT2D eigenvalue weighted by molar-refractivity contribution is -0.384. The monoisotopic (exact) mass is 274 g/mol. The van der Waals surface area contributed by atoms with Gasteiger partial charge in [-0.3, -0.25) is 10.1 Å². The molecule has 6 heteroatoms. The van der Waals surface area contributed by atoms with Crippen LogP contribution in [0.3, 0.4) is 0 Å². The molecule has 0 aromatic heterocycles. The highest BCUT2D eigenvalue weighted by Gasteiger charge is 2.21. The molecule has 0 amide bonds. The van der Waals surface area contributed by atoms with Crippen molar-refractivity contribution in [3.63, 3.8) is 0 Å². The topological polar surface area (TPSA) is 87.6 Å². The normalized spacial score (nSPS) is 10.1. The molecule has 104 valence electrons. The summed E-state index contributed by atoms with van der Waals surface area (Å²) < 4.78 is 10.4. The fraction of sp³-hybridized carbons (Fsp3) is 0.143. The largest absolute Gasteiger partial charge is 0.496 e. The number of nitrogens with two attached hydrogens (primary N) is 1. The van der Waals surface area contributed by atoms with Crippen LogP contribution >= 0.6 is 0 Å². The molecule has 0 spiro atoms. The molecule has 0 unspecified atom stereocenters. The third-order valence-electron chi connectivity index (χ3n) is 2.94. The number of hydrogen-bond donors (Lipinski definition) is 1. The number of anilines is 1. The maximum absolute atomic E-state index is 11.2. The summed E-state index contributed by atoms with van der Waals surface area (Å²) in [5.41, 5.74) is 6.87. The van der Waals surface area contributed by atoms with Gasteiger partial charge in [-0.15, -0.1) is 0 Å². The number of para-hydroxylation sites is 1. The Morgan fingerprint density at radius 1 is 1.05 bits per heavy atom. The molecule has 2 aromatic rings. The van der Waals surface area contributed by atoms with E-state index < -0.39 is 4.92 Å². The van der Waals surface area contributed by atoms with Gasteiger partial charge in [-0.25, -0.2) is 0 Å². The Kier molecular flexibility index (Phi) is 3.74. The van der Waals surface area contributed by atoms with Crippen molar-refractivity contribution < 1.29 is 14.4 Å². The summed E-state index contributed by atoms with van der Waals surface area (Å²) in [4.78, 5) is 10.7. The number of benzene rings is 2. The van der Waals surface area contributed by atoms with Crippen LogP contribution in [0.15, 0.2) is 36.4 Å². The molecule has 0 saturated carbocycles. The molecule has 2 rings (SSSR count). The van der Waals surface area contributed by atoms with Crippen LogP contribution in [-0.2, 0) is 0 Å². The van der Waals surface area contributed by atoms with Gasteiger partial charge in [0.25, 0.3) is 5.69 Å². The molecule has 0 radical (unpaired) electrons. The Morgan fingerprint density at radius 3 is 2.30 bits per heavy atom. The van der Waals surface area contributed by atoms with Gasteiger partial charge in [-0.2, -0.15) is 0 Å². The molecule has 2 aromatic carbocycles. The lowest BCUT2D eigenvalue weighted by atomic mass is 10.0. The Morgan fingerprint density at radius 2 is 1.70 bits per heavy atom. The van der Waals surface area contributed by atoms with Crippen molar-refractivity contribution in [3.05, 3.63) is 46.5 Å². The van der Waals surface area contributed by atoms with Crippen molar-refractivity contribution >= 4 is 11.4 Å². The van der Waals surface area contributed by atoms with Gasteiger partial charge < -0.3 is 15.2 Å². The van der Waals surface area contributed by atoms with Gasteiger partial charge in [0, 0.05) is 11.6 Å². The van der Waals surface area contributed by atoms with E-state index in [1.54, 1.807) is 30.3 Å². The van der Waals surface area contributed by atoms with Crippen LogP contribution in [0.4, 0.5) is 11.4 Å². The first-order valence-corrected chi connectivity index (χ1v) is 5.83. The van der Waals surface area contributed by atoms with Crippen molar-refractivity contribution in [2.24, 2.45) is 0 Å². The second-order valence-electron chi connectivity index (χ2n) is 4.07. The quantitative estimate of drug-likeness (QED) is 0.526. The van der Waals surface area contributed by atoms with E-state index in [2.05, 4.69) is 0 Å². The van der Waals surface area contributed by atoms with Crippen LogP contribution in [0.25, 0.3) is 11.1 Å². The first-order chi connectivity index (χ1) is 9.58. The molecule has 0 aliphatic carbocycles. The van der Waals surface area contributed by atoms with Gasteiger partial charge in [0.2, 0.25) is 0 Å². The van der Waals surface area contributed by atoms with Gasteiger partial charge in [-0.1, -0.05) is 18.2 Å². The lowest BCUT2D eigenvalue weighted by Gasteiger charge is -2.11. The minimum Gasteiger partial charge on any atom is -0.496 e. The highest BCUT2D eigenvalue weighted by atomic mass is 16.6. The Bertz CT molecular complexity index is 656. The zero-order chi connectivity index (χ0) is 14.7. The Labute approximate surface area is 115 Å². The van der Waals surface area contributed by atoms with E-state index >= 15 is 0 Å². The minimum absolute atomic E-state index is 0.0900. The molecule has 0 atom stereocenters. The Balaban J connectivity index is 2.74. The highest BCUT2D eigenvalue weighted by molar-refractivity contribution is 5.82. The first kappa shape index (κ1) is 13.7. The van der Waals surface area contributed by atoms with E-state index in [-0.39, 0.29) is 11.4 Å². The third kappa shape index (κ3) is 2.35. The predicted octanol–water partition coefficient (Wildman–Crippen LogP) is 2.86. The van der Waals surface area contributed by atoms with Crippen molar-refractivity contribution in [3.8, 4) is 22.6 Å². The summed E-state index contributed by atoms with van der Waals surface area (Å²) in [7, 11) is 2.97. The van der Waals surface area contributed by atoms with Gasteiger partial charge in [0.1, 0.15) is 11.5 Å². The van der Waals surface area contributed by atoms with E-state index in [1.165, 1.54) is 20.3 Å². The van der Waals surface area contributed by atoms with Gasteiger partial charge in [0.05, 0.1) is 30.4 Å². The summed E-state index contributed by atoms with van der Waals surface area (Å²) in [5.74, 6) is 0.930. The van der Waals surface area contributed by atoms with Crippen molar-refractivity contribution in [1.82, 2.24) is 0 Å². The molecule has 0 bridgehead atoms. The fourth-order valence-electron chi connectivity index (χ4n) is 2.00. The second-order valence-corrected chi connectivity index (χ2v) is 4.07. The van der Waals surface area contributed by atoms with E-state index in [1.807, 2.05) is 0 Å². The molecule has 0 aliphatic rings. The molecule has 2 N–H and O–H groups in total. The zero-order valence-corrected chi connectivity index (χ0v) is 11.1. The number of hydrogen-bond acceptors (Lipinski definition) is 5. The zero-order valence-electron chi connectivity index (χ0n) is 11.1. The molecule has 0 heterocycles.